The van der Waals surface area contributed by atoms with Crippen molar-refractivity contribution in [3.05, 3.63) is 0 Å². The summed E-state index contributed by atoms with van der Waals surface area (Å²) in [6.45, 7) is 12.5. The maximum absolute atomic E-state index is 5.52. The highest BCUT2D eigenvalue weighted by atomic mass is 16.5. The zero-order valence-corrected chi connectivity index (χ0v) is 9.11. The van der Waals surface area contributed by atoms with E-state index in [4.69, 9.17) is 4.74 Å². The van der Waals surface area contributed by atoms with Crippen LogP contribution in [0.15, 0.2) is 0 Å². The Kier molecular flexibility index (Phi) is 5.51. The second kappa shape index (κ2) is 5.55. The lowest BCUT2D eigenvalue weighted by Crippen LogP contribution is -2.38. The van der Waals surface area contributed by atoms with Gasteiger partial charge >= 0.3 is 0 Å². The van der Waals surface area contributed by atoms with Crippen molar-refractivity contribution in [3.8, 4) is 0 Å². The monoisotopic (exact) mass is 173 g/mol. The molecule has 0 aliphatic heterocycles. The van der Waals surface area contributed by atoms with E-state index in [1.165, 1.54) is 0 Å². The summed E-state index contributed by atoms with van der Waals surface area (Å²) in [5.74, 6) is 0. The zero-order chi connectivity index (χ0) is 9.61. The fourth-order valence-electron chi connectivity index (χ4n) is 0.804. The van der Waals surface area contributed by atoms with Crippen molar-refractivity contribution in [3.63, 3.8) is 0 Å². The quantitative estimate of drug-likeness (QED) is 0.643. The van der Waals surface area contributed by atoms with Gasteiger partial charge in [0.2, 0.25) is 0 Å². The fraction of sp³-hybridized carbons (Fsp3) is 1.00. The topological polar surface area (TPSA) is 21.3 Å². The van der Waals surface area contributed by atoms with Gasteiger partial charge in [-0.1, -0.05) is 6.92 Å². The molecule has 0 rings (SSSR count). The predicted molar refractivity (Wildman–Crippen MR) is 53.5 cm³/mol. The third-order valence-electron chi connectivity index (χ3n) is 1.73. The van der Waals surface area contributed by atoms with Gasteiger partial charge in [-0.15, -0.1) is 0 Å². The average molecular weight is 173 g/mol. The van der Waals surface area contributed by atoms with Gasteiger partial charge in [-0.3, -0.25) is 0 Å². The molecule has 1 atom stereocenters. The Morgan fingerprint density at radius 1 is 1.33 bits per heavy atom. The molecule has 0 aliphatic rings. The fourth-order valence-corrected chi connectivity index (χ4v) is 0.804. The number of hydrogen-bond acceptors (Lipinski definition) is 2. The highest BCUT2D eigenvalue weighted by Gasteiger charge is 2.07. The third-order valence-corrected chi connectivity index (χ3v) is 1.73. The molecule has 0 aromatic carbocycles. The van der Waals surface area contributed by atoms with Crippen LogP contribution in [-0.2, 0) is 4.74 Å². The molecule has 0 aromatic rings. The standard InChI is InChI=1S/C10H23NO/c1-6-9(2)12-8-7-11-10(3,4)5/h9,11H,6-8H2,1-5H3. The van der Waals surface area contributed by atoms with E-state index in [1.54, 1.807) is 0 Å². The molecule has 0 spiro atoms. The minimum atomic E-state index is 0.207. The lowest BCUT2D eigenvalue weighted by Gasteiger charge is -2.21. The van der Waals surface area contributed by atoms with E-state index >= 15 is 0 Å². The van der Waals surface area contributed by atoms with Gasteiger partial charge in [-0.2, -0.15) is 0 Å². The van der Waals surface area contributed by atoms with Crippen LogP contribution in [0.2, 0.25) is 0 Å². The van der Waals surface area contributed by atoms with Gasteiger partial charge in [0.25, 0.3) is 0 Å². The number of hydrogen-bond donors (Lipinski definition) is 1. The van der Waals surface area contributed by atoms with Gasteiger partial charge in [0.1, 0.15) is 0 Å². The Morgan fingerprint density at radius 3 is 2.33 bits per heavy atom. The summed E-state index contributed by atoms with van der Waals surface area (Å²) in [4.78, 5) is 0. The van der Waals surface area contributed by atoms with Crippen molar-refractivity contribution < 1.29 is 4.74 Å². The van der Waals surface area contributed by atoms with Crippen LogP contribution in [0, 0.1) is 0 Å². The van der Waals surface area contributed by atoms with Gasteiger partial charge in [-0.25, -0.2) is 0 Å². The van der Waals surface area contributed by atoms with Crippen LogP contribution in [-0.4, -0.2) is 24.8 Å². The lowest BCUT2D eigenvalue weighted by molar-refractivity contribution is 0.0627. The summed E-state index contributed by atoms with van der Waals surface area (Å²) in [5, 5.41) is 3.38. The highest BCUT2D eigenvalue weighted by Crippen LogP contribution is 1.98. The molecule has 2 nitrogen and oxygen atoms in total. The van der Waals surface area contributed by atoms with E-state index in [9.17, 15) is 0 Å². The van der Waals surface area contributed by atoms with Crippen LogP contribution in [0.25, 0.3) is 0 Å². The van der Waals surface area contributed by atoms with E-state index in [2.05, 4.69) is 39.9 Å². The van der Waals surface area contributed by atoms with Gasteiger partial charge in [0.15, 0.2) is 0 Å². The molecular formula is C10H23NO. The van der Waals surface area contributed by atoms with Gasteiger partial charge in [0.05, 0.1) is 12.7 Å². The summed E-state index contributed by atoms with van der Waals surface area (Å²) < 4.78 is 5.52. The van der Waals surface area contributed by atoms with E-state index < -0.39 is 0 Å². The number of rotatable bonds is 5. The molecule has 0 aliphatic carbocycles. The SMILES string of the molecule is CCC(C)OCCNC(C)(C)C. The Labute approximate surface area is 76.7 Å². The van der Waals surface area contributed by atoms with Crippen molar-refractivity contribution in [1.82, 2.24) is 5.32 Å². The molecule has 0 saturated heterocycles. The Balaban J connectivity index is 3.22. The Morgan fingerprint density at radius 2 is 1.92 bits per heavy atom. The first-order valence-electron chi connectivity index (χ1n) is 4.82. The van der Waals surface area contributed by atoms with Gasteiger partial charge in [-0.05, 0) is 34.1 Å². The third kappa shape index (κ3) is 8.02. The van der Waals surface area contributed by atoms with Crippen molar-refractivity contribution >= 4 is 0 Å². The predicted octanol–water partition coefficient (Wildman–Crippen LogP) is 2.19. The lowest BCUT2D eigenvalue weighted by atomic mass is 10.1. The molecule has 2 heteroatoms. The molecule has 0 bridgehead atoms. The smallest absolute Gasteiger partial charge is 0.0594 e. The van der Waals surface area contributed by atoms with Crippen LogP contribution in [0.5, 0.6) is 0 Å². The van der Waals surface area contributed by atoms with Crippen LogP contribution in [0.4, 0.5) is 0 Å². The highest BCUT2D eigenvalue weighted by molar-refractivity contribution is 4.69. The molecule has 1 unspecified atom stereocenters. The Hall–Kier alpha value is -0.0800. The van der Waals surface area contributed by atoms with Crippen molar-refractivity contribution in [1.29, 1.82) is 0 Å². The second-order valence-corrected chi connectivity index (χ2v) is 4.27. The normalized spacial score (nSPS) is 14.8. The van der Waals surface area contributed by atoms with Gasteiger partial charge < -0.3 is 10.1 Å². The maximum Gasteiger partial charge on any atom is 0.0594 e. The zero-order valence-electron chi connectivity index (χ0n) is 9.11. The second-order valence-electron chi connectivity index (χ2n) is 4.27. The van der Waals surface area contributed by atoms with E-state index in [0.717, 1.165) is 19.6 Å². The van der Waals surface area contributed by atoms with Gasteiger partial charge in [0, 0.05) is 12.1 Å². The number of nitrogens with one attached hydrogen (secondary N) is 1. The average Bonchev–Trinajstić information content (AvgIpc) is 1.96. The Bertz CT molecular complexity index is 107. The van der Waals surface area contributed by atoms with Crippen LogP contribution < -0.4 is 5.32 Å². The minimum absolute atomic E-state index is 0.207. The van der Waals surface area contributed by atoms with E-state index in [1.807, 2.05) is 0 Å². The van der Waals surface area contributed by atoms with Crippen molar-refractivity contribution in [2.24, 2.45) is 0 Å². The molecule has 0 radical (unpaired) electrons. The minimum Gasteiger partial charge on any atom is -0.377 e. The first kappa shape index (κ1) is 11.9. The number of ether oxygens (including phenoxy) is 1. The molecule has 0 fully saturated rings. The summed E-state index contributed by atoms with van der Waals surface area (Å²) >= 11 is 0. The van der Waals surface area contributed by atoms with Crippen LogP contribution >= 0.6 is 0 Å². The molecule has 0 saturated carbocycles. The molecule has 1 N–H and O–H groups in total. The molecule has 0 amide bonds. The molecular weight excluding hydrogens is 150 g/mol. The van der Waals surface area contributed by atoms with Crippen LogP contribution in [0.3, 0.4) is 0 Å². The molecule has 74 valence electrons. The van der Waals surface area contributed by atoms with Crippen molar-refractivity contribution in [2.75, 3.05) is 13.2 Å². The molecule has 12 heavy (non-hydrogen) atoms. The summed E-state index contributed by atoms with van der Waals surface area (Å²) in [6.07, 6.45) is 1.49. The summed E-state index contributed by atoms with van der Waals surface area (Å²) in [6, 6.07) is 0. The van der Waals surface area contributed by atoms with Crippen molar-refractivity contribution in [2.45, 2.75) is 52.7 Å². The first-order valence-corrected chi connectivity index (χ1v) is 4.82. The molecule has 0 heterocycles. The molecule has 0 aromatic heterocycles. The summed E-state index contributed by atoms with van der Waals surface area (Å²) in [5.41, 5.74) is 0.207. The van der Waals surface area contributed by atoms with E-state index in [0.29, 0.717) is 6.10 Å². The van der Waals surface area contributed by atoms with E-state index in [-0.39, 0.29) is 5.54 Å². The first-order chi connectivity index (χ1) is 5.45. The van der Waals surface area contributed by atoms with Crippen LogP contribution in [0.1, 0.15) is 41.0 Å². The summed E-state index contributed by atoms with van der Waals surface area (Å²) in [7, 11) is 0. The maximum atomic E-state index is 5.52. The largest absolute Gasteiger partial charge is 0.377 e.